The fourth-order valence-electron chi connectivity index (χ4n) is 1.68. The lowest BCUT2D eigenvalue weighted by molar-refractivity contribution is -0.121. The van der Waals surface area contributed by atoms with E-state index in [-0.39, 0.29) is 0 Å². The molecule has 0 saturated heterocycles. The average Bonchev–Trinajstić information content (AvgIpc) is 2.52. The molecule has 0 saturated carbocycles. The van der Waals surface area contributed by atoms with E-state index in [0.717, 1.165) is 11.1 Å². The van der Waals surface area contributed by atoms with Crippen molar-refractivity contribution in [3.05, 3.63) is 57.6 Å². The maximum Gasteiger partial charge on any atom is 0.247 e. The molecule has 2 aromatic rings. The van der Waals surface area contributed by atoms with Crippen LogP contribution < -0.4 is 10.5 Å². The molecule has 1 amide bonds. The summed E-state index contributed by atoms with van der Waals surface area (Å²) in [5, 5.41) is 19.2. The number of amides is 1. The number of carbonyl (C=O) groups is 1. The van der Waals surface area contributed by atoms with E-state index in [1.165, 1.54) is 6.92 Å². The number of nitrogens with one attached hydrogen (secondary N) is 1. The van der Waals surface area contributed by atoms with E-state index in [9.17, 15) is 10.0 Å². The standard InChI is InChI=1S/C9H10ClNO2.C7H8ClNO/c1-6-3-4-8(10)9(5-6)11(13)7(2)12;1-5-2-3-6(8)7(4-5)9-10/h3-5,13H,1-2H3;2-4,9-10H,1H3. The average molecular weight is 357 g/mol. The van der Waals surface area contributed by atoms with Crippen LogP contribution in [0.2, 0.25) is 10.0 Å². The van der Waals surface area contributed by atoms with Crippen LogP contribution >= 0.6 is 23.2 Å². The molecule has 0 spiro atoms. The summed E-state index contributed by atoms with van der Waals surface area (Å²) in [4.78, 5) is 10.8. The fourth-order valence-corrected chi connectivity index (χ4v) is 2.04. The Hall–Kier alpha value is -1.79. The second-order valence-electron chi connectivity index (χ2n) is 4.88. The van der Waals surface area contributed by atoms with E-state index in [1.54, 1.807) is 30.3 Å². The number of hydrogen-bond donors (Lipinski definition) is 3. The van der Waals surface area contributed by atoms with Crippen molar-refractivity contribution in [3.8, 4) is 0 Å². The van der Waals surface area contributed by atoms with Gasteiger partial charge in [-0.15, -0.1) is 0 Å². The van der Waals surface area contributed by atoms with E-state index < -0.39 is 5.91 Å². The zero-order valence-corrected chi connectivity index (χ0v) is 14.5. The number of anilines is 2. The number of hydroxylamine groups is 1. The molecule has 0 atom stereocenters. The second-order valence-corrected chi connectivity index (χ2v) is 5.70. The molecule has 0 heterocycles. The van der Waals surface area contributed by atoms with Gasteiger partial charge in [0.25, 0.3) is 0 Å². The van der Waals surface area contributed by atoms with Gasteiger partial charge in [-0.05, 0) is 49.2 Å². The molecular weight excluding hydrogens is 339 g/mol. The van der Waals surface area contributed by atoms with Gasteiger partial charge in [-0.2, -0.15) is 5.06 Å². The molecule has 2 aromatic carbocycles. The minimum absolute atomic E-state index is 0.314. The van der Waals surface area contributed by atoms with E-state index in [1.807, 2.05) is 25.4 Å². The number of benzene rings is 2. The first-order valence-electron chi connectivity index (χ1n) is 6.68. The van der Waals surface area contributed by atoms with Crippen molar-refractivity contribution in [2.45, 2.75) is 20.8 Å². The van der Waals surface area contributed by atoms with Gasteiger partial charge in [-0.25, -0.2) is 0 Å². The van der Waals surface area contributed by atoms with Crippen LogP contribution in [0.5, 0.6) is 0 Å². The molecular formula is C16H18Cl2N2O3. The van der Waals surface area contributed by atoms with Gasteiger partial charge < -0.3 is 0 Å². The zero-order valence-electron chi connectivity index (χ0n) is 13.0. The van der Waals surface area contributed by atoms with Crippen LogP contribution in [0, 0.1) is 13.8 Å². The second kappa shape index (κ2) is 8.74. The highest BCUT2D eigenvalue weighted by Gasteiger charge is 2.11. The number of hydrogen-bond acceptors (Lipinski definition) is 4. The predicted molar refractivity (Wildman–Crippen MR) is 92.7 cm³/mol. The Morgan fingerprint density at radius 3 is 2.04 bits per heavy atom. The lowest BCUT2D eigenvalue weighted by Gasteiger charge is -2.14. The Balaban J connectivity index is 0.000000238. The normalized spacial score (nSPS) is 9.70. The molecule has 5 nitrogen and oxygen atoms in total. The maximum atomic E-state index is 10.8. The number of aryl methyl sites for hydroxylation is 2. The van der Waals surface area contributed by atoms with Crippen LogP contribution in [0.3, 0.4) is 0 Å². The van der Waals surface area contributed by atoms with Crippen LogP contribution in [-0.4, -0.2) is 16.3 Å². The van der Waals surface area contributed by atoms with Crippen molar-refractivity contribution >= 4 is 40.5 Å². The molecule has 7 heteroatoms. The lowest BCUT2D eigenvalue weighted by atomic mass is 10.2. The van der Waals surface area contributed by atoms with E-state index in [0.29, 0.717) is 26.5 Å². The Morgan fingerprint density at radius 1 is 1.04 bits per heavy atom. The number of rotatable bonds is 2. The minimum Gasteiger partial charge on any atom is -0.291 e. The molecule has 0 radical (unpaired) electrons. The van der Waals surface area contributed by atoms with Crippen molar-refractivity contribution in [2.24, 2.45) is 0 Å². The van der Waals surface area contributed by atoms with Gasteiger partial charge in [0, 0.05) is 6.92 Å². The summed E-state index contributed by atoms with van der Waals surface area (Å²) in [6.07, 6.45) is 0. The molecule has 0 bridgehead atoms. The fraction of sp³-hybridized carbons (Fsp3) is 0.188. The monoisotopic (exact) mass is 356 g/mol. The van der Waals surface area contributed by atoms with Gasteiger partial charge in [0.15, 0.2) is 0 Å². The van der Waals surface area contributed by atoms with Crippen molar-refractivity contribution in [2.75, 3.05) is 10.5 Å². The first-order chi connectivity index (χ1) is 10.8. The molecule has 0 aliphatic heterocycles. The Bertz CT molecular complexity index is 693. The minimum atomic E-state index is -0.465. The largest absolute Gasteiger partial charge is 0.291 e. The summed E-state index contributed by atoms with van der Waals surface area (Å²) >= 11 is 11.5. The van der Waals surface area contributed by atoms with E-state index >= 15 is 0 Å². The first-order valence-corrected chi connectivity index (χ1v) is 7.43. The van der Waals surface area contributed by atoms with Crippen LogP contribution in [0.4, 0.5) is 11.4 Å². The number of halogens is 2. The highest BCUT2D eigenvalue weighted by Crippen LogP contribution is 2.25. The third-order valence-electron chi connectivity index (χ3n) is 2.87. The van der Waals surface area contributed by atoms with Crippen molar-refractivity contribution in [1.82, 2.24) is 0 Å². The molecule has 2 rings (SSSR count). The lowest BCUT2D eigenvalue weighted by Crippen LogP contribution is -2.24. The van der Waals surface area contributed by atoms with Gasteiger partial charge in [0.2, 0.25) is 5.91 Å². The van der Waals surface area contributed by atoms with Crippen molar-refractivity contribution in [1.29, 1.82) is 0 Å². The third-order valence-corrected chi connectivity index (χ3v) is 3.52. The Morgan fingerprint density at radius 2 is 1.57 bits per heavy atom. The van der Waals surface area contributed by atoms with Gasteiger partial charge >= 0.3 is 0 Å². The van der Waals surface area contributed by atoms with Crippen molar-refractivity contribution in [3.63, 3.8) is 0 Å². The molecule has 23 heavy (non-hydrogen) atoms. The summed E-state index contributed by atoms with van der Waals surface area (Å²) in [6.45, 7) is 5.05. The SMILES string of the molecule is CC(=O)N(O)c1cc(C)ccc1Cl.Cc1ccc(Cl)c(NO)c1. The van der Waals surface area contributed by atoms with Gasteiger partial charge in [-0.1, -0.05) is 35.3 Å². The molecule has 0 fully saturated rings. The summed E-state index contributed by atoms with van der Waals surface area (Å²) in [5.74, 6) is -0.465. The van der Waals surface area contributed by atoms with Crippen LogP contribution in [0.25, 0.3) is 0 Å². The molecule has 0 aliphatic carbocycles. The number of carbonyl (C=O) groups excluding carboxylic acids is 1. The smallest absolute Gasteiger partial charge is 0.247 e. The Labute approximate surface area is 145 Å². The van der Waals surface area contributed by atoms with E-state index in [4.69, 9.17) is 28.4 Å². The maximum absolute atomic E-state index is 10.8. The van der Waals surface area contributed by atoms with Gasteiger partial charge in [0.1, 0.15) is 0 Å². The molecule has 0 aliphatic rings. The molecule has 0 unspecified atom stereocenters. The van der Waals surface area contributed by atoms with Gasteiger partial charge in [0.05, 0.1) is 21.4 Å². The summed E-state index contributed by atoms with van der Waals surface area (Å²) in [6, 6.07) is 10.5. The summed E-state index contributed by atoms with van der Waals surface area (Å²) < 4.78 is 0. The highest BCUT2D eigenvalue weighted by atomic mass is 35.5. The third kappa shape index (κ3) is 5.73. The van der Waals surface area contributed by atoms with E-state index in [2.05, 4.69) is 0 Å². The van der Waals surface area contributed by atoms with Crippen LogP contribution in [0.15, 0.2) is 36.4 Å². The Kier molecular flexibility index (Phi) is 7.32. The highest BCUT2D eigenvalue weighted by molar-refractivity contribution is 6.33. The summed E-state index contributed by atoms with van der Waals surface area (Å²) in [7, 11) is 0. The van der Waals surface area contributed by atoms with Crippen LogP contribution in [0.1, 0.15) is 18.1 Å². The molecule has 0 aromatic heterocycles. The topological polar surface area (TPSA) is 72.8 Å². The molecule has 3 N–H and O–H groups in total. The number of nitrogens with zero attached hydrogens (tertiary/aromatic N) is 1. The van der Waals surface area contributed by atoms with Gasteiger partial charge in [-0.3, -0.25) is 20.7 Å². The zero-order chi connectivity index (χ0) is 17.6. The molecule has 124 valence electrons. The predicted octanol–water partition coefficient (Wildman–Crippen LogP) is 4.84. The van der Waals surface area contributed by atoms with Crippen LogP contribution in [-0.2, 0) is 4.79 Å². The quantitative estimate of drug-likeness (QED) is 0.531. The van der Waals surface area contributed by atoms with Crippen molar-refractivity contribution < 1.29 is 15.2 Å². The first kappa shape index (κ1) is 19.3. The summed E-state index contributed by atoms with van der Waals surface area (Å²) in [5.41, 5.74) is 4.85.